The Morgan fingerprint density at radius 3 is 2.69 bits per heavy atom. The van der Waals surface area contributed by atoms with Crippen molar-refractivity contribution in [3.8, 4) is 5.69 Å². The monoisotopic (exact) mass is 512 g/mol. The van der Waals surface area contributed by atoms with Gasteiger partial charge in [0.25, 0.3) is 0 Å². The van der Waals surface area contributed by atoms with Crippen molar-refractivity contribution in [2.75, 3.05) is 20.1 Å². The number of likely N-dealkylation sites (tertiary alicyclic amines) is 1. The average molecular weight is 512 g/mol. The number of rotatable bonds is 6. The van der Waals surface area contributed by atoms with E-state index in [1.165, 1.54) is 31.4 Å². The smallest absolute Gasteiger partial charge is 0.191 e. The number of hydrogen-bond acceptors (Lipinski definition) is 3. The van der Waals surface area contributed by atoms with E-state index in [0.29, 0.717) is 12.1 Å². The van der Waals surface area contributed by atoms with Gasteiger partial charge < -0.3 is 10.6 Å². The standard InChI is InChI=1S/C21H29FN6.HI/c1-15-13-18(14-27(15)19-7-8-19)25-21(23-2)24-11-9-17-10-12-28(26-17)20-5-3-16(22)4-6-20;/h3-6,10,12,15,18-19H,7-9,11,13-14H2,1-2H3,(H2,23,24,25);1H. The lowest BCUT2D eigenvalue weighted by Gasteiger charge is -2.20. The average Bonchev–Trinajstić information content (AvgIpc) is 3.31. The summed E-state index contributed by atoms with van der Waals surface area (Å²) in [6.07, 6.45) is 6.58. The van der Waals surface area contributed by atoms with Crippen molar-refractivity contribution in [1.29, 1.82) is 0 Å². The number of nitrogens with one attached hydrogen (secondary N) is 2. The van der Waals surface area contributed by atoms with Crippen LogP contribution in [0.2, 0.25) is 0 Å². The lowest BCUT2D eigenvalue weighted by molar-refractivity contribution is 0.256. The molecule has 1 aliphatic carbocycles. The van der Waals surface area contributed by atoms with Gasteiger partial charge >= 0.3 is 0 Å². The Morgan fingerprint density at radius 1 is 1.24 bits per heavy atom. The predicted molar refractivity (Wildman–Crippen MR) is 125 cm³/mol. The van der Waals surface area contributed by atoms with Crippen molar-refractivity contribution in [3.05, 3.63) is 48.0 Å². The first-order chi connectivity index (χ1) is 13.6. The van der Waals surface area contributed by atoms with Crippen LogP contribution in [0.3, 0.4) is 0 Å². The van der Waals surface area contributed by atoms with E-state index in [1.54, 1.807) is 16.8 Å². The van der Waals surface area contributed by atoms with Gasteiger partial charge in [-0.1, -0.05) is 0 Å². The molecule has 1 saturated carbocycles. The van der Waals surface area contributed by atoms with Crippen LogP contribution >= 0.6 is 24.0 Å². The summed E-state index contributed by atoms with van der Waals surface area (Å²) in [5.41, 5.74) is 1.84. The fourth-order valence-corrected chi connectivity index (χ4v) is 4.01. The number of hydrogen-bond donors (Lipinski definition) is 2. The molecule has 2 unspecified atom stereocenters. The molecule has 1 saturated heterocycles. The highest BCUT2D eigenvalue weighted by Gasteiger charge is 2.38. The summed E-state index contributed by atoms with van der Waals surface area (Å²) in [6.45, 7) is 4.19. The van der Waals surface area contributed by atoms with Crippen LogP contribution in [0.5, 0.6) is 0 Å². The number of aromatic nitrogens is 2. The quantitative estimate of drug-likeness (QED) is 0.355. The van der Waals surface area contributed by atoms with Crippen LogP contribution in [-0.4, -0.2) is 58.9 Å². The Morgan fingerprint density at radius 2 is 2.00 bits per heavy atom. The molecule has 0 radical (unpaired) electrons. The second-order valence-corrected chi connectivity index (χ2v) is 7.83. The zero-order chi connectivity index (χ0) is 19.5. The molecular weight excluding hydrogens is 482 g/mol. The van der Waals surface area contributed by atoms with Crippen LogP contribution in [0.15, 0.2) is 41.5 Å². The number of guanidine groups is 1. The van der Waals surface area contributed by atoms with Crippen LogP contribution < -0.4 is 10.6 Å². The van der Waals surface area contributed by atoms with Crippen LogP contribution in [0.1, 0.15) is 31.9 Å². The van der Waals surface area contributed by atoms with E-state index in [9.17, 15) is 4.39 Å². The van der Waals surface area contributed by atoms with Gasteiger partial charge in [-0.2, -0.15) is 5.10 Å². The molecule has 2 aromatic rings. The van der Waals surface area contributed by atoms with Crippen molar-refractivity contribution in [1.82, 2.24) is 25.3 Å². The molecule has 2 N–H and O–H groups in total. The summed E-state index contributed by atoms with van der Waals surface area (Å²) in [6, 6.07) is 10.3. The molecule has 8 heteroatoms. The van der Waals surface area contributed by atoms with Crippen LogP contribution in [0, 0.1) is 5.82 Å². The largest absolute Gasteiger partial charge is 0.356 e. The number of nitrogens with zero attached hydrogens (tertiary/aromatic N) is 4. The molecule has 4 rings (SSSR count). The van der Waals surface area contributed by atoms with Gasteiger partial charge in [0.15, 0.2) is 5.96 Å². The molecule has 6 nitrogen and oxygen atoms in total. The van der Waals surface area contributed by atoms with Gasteiger partial charge in [-0.25, -0.2) is 9.07 Å². The topological polar surface area (TPSA) is 57.5 Å². The Kier molecular flexibility index (Phi) is 7.50. The molecule has 1 aromatic carbocycles. The van der Waals surface area contributed by atoms with Gasteiger partial charge in [-0.15, -0.1) is 24.0 Å². The highest BCUT2D eigenvalue weighted by Crippen LogP contribution is 2.33. The Balaban J connectivity index is 0.00000240. The fraction of sp³-hybridized carbons (Fsp3) is 0.524. The van der Waals surface area contributed by atoms with E-state index in [0.717, 1.165) is 42.9 Å². The number of aliphatic imine (C=N–C) groups is 1. The molecule has 0 amide bonds. The van der Waals surface area contributed by atoms with E-state index in [-0.39, 0.29) is 29.8 Å². The zero-order valence-electron chi connectivity index (χ0n) is 17.0. The highest BCUT2D eigenvalue weighted by atomic mass is 127. The minimum atomic E-state index is -0.240. The third kappa shape index (κ3) is 5.69. The lowest BCUT2D eigenvalue weighted by Crippen LogP contribution is -2.45. The Hall–Kier alpha value is -1.68. The lowest BCUT2D eigenvalue weighted by atomic mass is 10.2. The molecule has 2 heterocycles. The maximum absolute atomic E-state index is 13.1. The van der Waals surface area contributed by atoms with Gasteiger partial charge in [0.1, 0.15) is 5.82 Å². The Labute approximate surface area is 189 Å². The van der Waals surface area contributed by atoms with E-state index < -0.39 is 0 Å². The summed E-state index contributed by atoms with van der Waals surface area (Å²) in [5, 5.41) is 11.5. The molecule has 0 spiro atoms. The van der Waals surface area contributed by atoms with Gasteiger partial charge in [0, 0.05) is 50.9 Å². The van der Waals surface area contributed by atoms with E-state index in [1.807, 2.05) is 19.3 Å². The molecule has 1 aromatic heterocycles. The third-order valence-corrected chi connectivity index (χ3v) is 5.61. The zero-order valence-corrected chi connectivity index (χ0v) is 19.3. The molecule has 2 aliphatic rings. The molecular formula is C21H30FIN6. The van der Waals surface area contributed by atoms with Gasteiger partial charge in [0.2, 0.25) is 0 Å². The number of benzene rings is 1. The molecule has 29 heavy (non-hydrogen) atoms. The summed E-state index contributed by atoms with van der Waals surface area (Å²) in [7, 11) is 1.82. The Bertz CT molecular complexity index is 817. The first-order valence-electron chi connectivity index (χ1n) is 10.2. The van der Waals surface area contributed by atoms with Crippen molar-refractivity contribution in [3.63, 3.8) is 0 Å². The normalized spacial score (nSPS) is 22.4. The van der Waals surface area contributed by atoms with E-state index >= 15 is 0 Å². The fourth-order valence-electron chi connectivity index (χ4n) is 4.01. The molecule has 2 atom stereocenters. The SMILES string of the molecule is CN=C(NCCc1ccn(-c2ccc(F)cc2)n1)NC1CC(C)N(C2CC2)C1.I. The van der Waals surface area contributed by atoms with Gasteiger partial charge in [-0.3, -0.25) is 9.89 Å². The second kappa shape index (κ2) is 9.88. The van der Waals surface area contributed by atoms with Crippen molar-refractivity contribution in [2.45, 2.75) is 50.7 Å². The molecule has 158 valence electrons. The minimum absolute atomic E-state index is 0. The van der Waals surface area contributed by atoms with E-state index in [2.05, 4.69) is 32.5 Å². The third-order valence-electron chi connectivity index (χ3n) is 5.61. The first-order valence-corrected chi connectivity index (χ1v) is 10.2. The minimum Gasteiger partial charge on any atom is -0.356 e. The highest BCUT2D eigenvalue weighted by molar-refractivity contribution is 14.0. The van der Waals surface area contributed by atoms with Crippen molar-refractivity contribution < 1.29 is 4.39 Å². The summed E-state index contributed by atoms with van der Waals surface area (Å²) in [5.74, 6) is 0.615. The predicted octanol–water partition coefficient (Wildman–Crippen LogP) is 2.96. The maximum atomic E-state index is 13.1. The van der Waals surface area contributed by atoms with Gasteiger partial charge in [0.05, 0.1) is 11.4 Å². The van der Waals surface area contributed by atoms with Gasteiger partial charge in [-0.05, 0) is 56.5 Å². The molecule has 2 fully saturated rings. The van der Waals surface area contributed by atoms with E-state index in [4.69, 9.17) is 0 Å². The van der Waals surface area contributed by atoms with Crippen molar-refractivity contribution in [2.24, 2.45) is 4.99 Å². The number of halogens is 2. The van der Waals surface area contributed by atoms with Crippen LogP contribution in [0.25, 0.3) is 5.69 Å². The second-order valence-electron chi connectivity index (χ2n) is 7.83. The summed E-state index contributed by atoms with van der Waals surface area (Å²) < 4.78 is 14.8. The van der Waals surface area contributed by atoms with Crippen molar-refractivity contribution >= 4 is 29.9 Å². The molecule has 0 bridgehead atoms. The van der Waals surface area contributed by atoms with Crippen LogP contribution in [-0.2, 0) is 6.42 Å². The molecule has 1 aliphatic heterocycles. The maximum Gasteiger partial charge on any atom is 0.191 e. The summed E-state index contributed by atoms with van der Waals surface area (Å²) >= 11 is 0. The first kappa shape index (κ1) is 22.0. The summed E-state index contributed by atoms with van der Waals surface area (Å²) in [4.78, 5) is 7.00. The van der Waals surface area contributed by atoms with Crippen LogP contribution in [0.4, 0.5) is 4.39 Å².